The molecule has 0 aliphatic rings. The molecule has 0 radical (unpaired) electrons. The summed E-state index contributed by atoms with van der Waals surface area (Å²) in [5.74, 6) is -0.728. The molecule has 0 aliphatic heterocycles. The zero-order valence-electron chi connectivity index (χ0n) is 13.1. The van der Waals surface area contributed by atoms with Crippen LogP contribution in [-0.2, 0) is 4.79 Å². The van der Waals surface area contributed by atoms with Crippen LogP contribution in [0.5, 0.6) is 5.75 Å². The number of anilines is 2. The molecule has 2 N–H and O–H groups in total. The summed E-state index contributed by atoms with van der Waals surface area (Å²) >= 11 is 0. The van der Waals surface area contributed by atoms with Crippen LogP contribution in [0.3, 0.4) is 0 Å². The summed E-state index contributed by atoms with van der Waals surface area (Å²) in [6.45, 7) is 1.56. The molecule has 1 amide bonds. The molecule has 0 fully saturated rings. The molecule has 0 saturated carbocycles. The maximum Gasteiger partial charge on any atom is 0.311 e. The summed E-state index contributed by atoms with van der Waals surface area (Å²) in [4.78, 5) is 22.4. The molecule has 0 heterocycles. The fourth-order valence-electron chi connectivity index (χ4n) is 2.09. The van der Waals surface area contributed by atoms with Crippen LogP contribution in [0.15, 0.2) is 36.4 Å². The van der Waals surface area contributed by atoms with E-state index in [0.717, 1.165) is 0 Å². The number of halogens is 1. The van der Waals surface area contributed by atoms with Gasteiger partial charge in [0, 0.05) is 23.5 Å². The predicted octanol–water partition coefficient (Wildman–Crippen LogP) is 3.10. The van der Waals surface area contributed by atoms with E-state index in [1.54, 1.807) is 13.0 Å². The van der Waals surface area contributed by atoms with Crippen molar-refractivity contribution < 1.29 is 18.8 Å². The Morgan fingerprint density at radius 2 is 2.08 bits per heavy atom. The molecule has 0 atom stereocenters. The Balaban J connectivity index is 2.07. The highest BCUT2D eigenvalue weighted by molar-refractivity contribution is 5.94. The average molecular weight is 333 g/mol. The Bertz CT molecular complexity index is 780. The Morgan fingerprint density at radius 1 is 1.33 bits per heavy atom. The number of carbonyl (C=O) groups is 1. The second-order valence-electron chi connectivity index (χ2n) is 5.01. The molecule has 2 aromatic rings. The highest BCUT2D eigenvalue weighted by atomic mass is 19.1. The second kappa shape index (κ2) is 7.40. The first-order chi connectivity index (χ1) is 11.4. The van der Waals surface area contributed by atoms with Crippen LogP contribution in [-0.4, -0.2) is 24.5 Å². The van der Waals surface area contributed by atoms with E-state index in [2.05, 4.69) is 10.6 Å². The van der Waals surface area contributed by atoms with E-state index in [-0.39, 0.29) is 23.9 Å². The van der Waals surface area contributed by atoms with Gasteiger partial charge in [0.05, 0.1) is 18.6 Å². The third-order valence-corrected chi connectivity index (χ3v) is 3.27. The Morgan fingerprint density at radius 3 is 2.71 bits per heavy atom. The van der Waals surface area contributed by atoms with Gasteiger partial charge in [-0.3, -0.25) is 14.9 Å². The maximum absolute atomic E-state index is 13.1. The number of carbonyl (C=O) groups excluding carboxylic acids is 1. The lowest BCUT2D eigenvalue weighted by molar-refractivity contribution is -0.385. The van der Waals surface area contributed by atoms with Crippen molar-refractivity contribution in [2.24, 2.45) is 0 Å². The maximum atomic E-state index is 13.1. The first-order valence-electron chi connectivity index (χ1n) is 7.03. The van der Waals surface area contributed by atoms with Gasteiger partial charge in [0.2, 0.25) is 5.91 Å². The summed E-state index contributed by atoms with van der Waals surface area (Å²) in [5, 5.41) is 16.4. The third kappa shape index (κ3) is 4.19. The first-order valence-corrected chi connectivity index (χ1v) is 7.03. The van der Waals surface area contributed by atoms with E-state index >= 15 is 0 Å². The fraction of sp³-hybridized carbons (Fsp3) is 0.188. The number of nitrogens with one attached hydrogen (secondary N) is 2. The standard InChI is InChI=1S/C16H16FN3O4/c1-10-6-14(20(22)23)15(24-2)8-13(10)19-16(21)9-18-12-5-3-4-11(17)7-12/h3-8,18H,9H2,1-2H3,(H,19,21). The molecule has 0 aromatic heterocycles. The van der Waals surface area contributed by atoms with E-state index in [4.69, 9.17) is 4.74 Å². The third-order valence-electron chi connectivity index (χ3n) is 3.27. The van der Waals surface area contributed by atoms with Crippen LogP contribution in [0.25, 0.3) is 0 Å². The normalized spacial score (nSPS) is 10.1. The Hall–Kier alpha value is -3.16. The Kier molecular flexibility index (Phi) is 5.31. The number of methoxy groups -OCH3 is 1. The van der Waals surface area contributed by atoms with Crippen LogP contribution in [0.4, 0.5) is 21.5 Å². The number of nitrogens with zero attached hydrogens (tertiary/aromatic N) is 1. The number of hydrogen-bond donors (Lipinski definition) is 2. The van der Waals surface area contributed by atoms with Gasteiger partial charge in [-0.15, -0.1) is 0 Å². The molecule has 8 heteroatoms. The lowest BCUT2D eigenvalue weighted by Gasteiger charge is -2.11. The zero-order valence-corrected chi connectivity index (χ0v) is 13.1. The largest absolute Gasteiger partial charge is 0.490 e. The predicted molar refractivity (Wildman–Crippen MR) is 87.9 cm³/mol. The van der Waals surface area contributed by atoms with Crippen molar-refractivity contribution in [3.8, 4) is 5.75 Å². The minimum atomic E-state index is -0.553. The monoisotopic (exact) mass is 333 g/mol. The number of hydrogen-bond acceptors (Lipinski definition) is 5. The minimum Gasteiger partial charge on any atom is -0.490 e. The van der Waals surface area contributed by atoms with E-state index in [0.29, 0.717) is 16.9 Å². The molecule has 0 saturated heterocycles. The van der Waals surface area contributed by atoms with Crippen molar-refractivity contribution in [1.82, 2.24) is 0 Å². The van der Waals surface area contributed by atoms with Gasteiger partial charge in [-0.05, 0) is 30.7 Å². The number of benzene rings is 2. The highest BCUT2D eigenvalue weighted by Gasteiger charge is 2.18. The van der Waals surface area contributed by atoms with Gasteiger partial charge in [-0.2, -0.15) is 0 Å². The van der Waals surface area contributed by atoms with Crippen molar-refractivity contribution in [1.29, 1.82) is 0 Å². The number of rotatable bonds is 6. The molecular formula is C16H16FN3O4. The number of aryl methyl sites for hydroxylation is 1. The summed E-state index contributed by atoms with van der Waals surface area (Å²) in [5.41, 5.74) is 1.24. The molecule has 0 unspecified atom stereocenters. The van der Waals surface area contributed by atoms with E-state index in [1.807, 2.05) is 0 Å². The quantitative estimate of drug-likeness (QED) is 0.626. The van der Waals surface area contributed by atoms with Gasteiger partial charge in [0.25, 0.3) is 0 Å². The van der Waals surface area contributed by atoms with E-state index in [1.165, 1.54) is 37.4 Å². The summed E-state index contributed by atoms with van der Waals surface area (Å²) in [6, 6.07) is 8.46. The first kappa shape index (κ1) is 17.2. The number of ether oxygens (including phenoxy) is 1. The summed E-state index contributed by atoms with van der Waals surface area (Å²) in [7, 11) is 1.31. The van der Waals surface area contributed by atoms with Gasteiger partial charge in [0.15, 0.2) is 5.75 Å². The smallest absolute Gasteiger partial charge is 0.311 e. The zero-order chi connectivity index (χ0) is 17.7. The lowest BCUT2D eigenvalue weighted by Crippen LogP contribution is -2.22. The van der Waals surface area contributed by atoms with Crippen LogP contribution >= 0.6 is 0 Å². The molecule has 7 nitrogen and oxygen atoms in total. The molecule has 0 spiro atoms. The SMILES string of the molecule is COc1cc(NC(=O)CNc2cccc(F)c2)c(C)cc1[N+](=O)[O-]. The van der Waals surface area contributed by atoms with Crippen molar-refractivity contribution in [3.05, 3.63) is 57.9 Å². The van der Waals surface area contributed by atoms with Crippen LogP contribution in [0, 0.1) is 22.9 Å². The Labute approximate surface area is 137 Å². The molecule has 126 valence electrons. The van der Waals surface area contributed by atoms with Crippen molar-refractivity contribution >= 4 is 23.0 Å². The van der Waals surface area contributed by atoms with Gasteiger partial charge >= 0.3 is 5.69 Å². The average Bonchev–Trinajstić information content (AvgIpc) is 2.54. The summed E-state index contributed by atoms with van der Waals surface area (Å²) in [6.07, 6.45) is 0. The number of nitro benzene ring substituents is 1. The highest BCUT2D eigenvalue weighted by Crippen LogP contribution is 2.32. The second-order valence-corrected chi connectivity index (χ2v) is 5.01. The number of amides is 1. The van der Waals surface area contributed by atoms with Crippen LogP contribution < -0.4 is 15.4 Å². The molecule has 2 aromatic carbocycles. The minimum absolute atomic E-state index is 0.0546. The molecule has 0 bridgehead atoms. The van der Waals surface area contributed by atoms with Crippen molar-refractivity contribution in [3.63, 3.8) is 0 Å². The van der Waals surface area contributed by atoms with Crippen LogP contribution in [0.2, 0.25) is 0 Å². The van der Waals surface area contributed by atoms with E-state index in [9.17, 15) is 19.3 Å². The van der Waals surface area contributed by atoms with Gasteiger partial charge < -0.3 is 15.4 Å². The molecule has 2 rings (SSSR count). The van der Waals surface area contributed by atoms with Gasteiger partial charge in [0.1, 0.15) is 5.82 Å². The fourth-order valence-corrected chi connectivity index (χ4v) is 2.09. The molecule has 24 heavy (non-hydrogen) atoms. The van der Waals surface area contributed by atoms with E-state index < -0.39 is 10.7 Å². The molecule has 0 aliphatic carbocycles. The number of nitro groups is 1. The summed E-state index contributed by atoms with van der Waals surface area (Å²) < 4.78 is 18.0. The molecular weight excluding hydrogens is 317 g/mol. The lowest BCUT2D eigenvalue weighted by atomic mass is 10.1. The van der Waals surface area contributed by atoms with Gasteiger partial charge in [-0.1, -0.05) is 6.07 Å². The van der Waals surface area contributed by atoms with Crippen LogP contribution in [0.1, 0.15) is 5.56 Å². The van der Waals surface area contributed by atoms with Gasteiger partial charge in [-0.25, -0.2) is 4.39 Å². The topological polar surface area (TPSA) is 93.5 Å². The van der Waals surface area contributed by atoms with Crippen molar-refractivity contribution in [2.75, 3.05) is 24.3 Å². The van der Waals surface area contributed by atoms with Crippen molar-refractivity contribution in [2.45, 2.75) is 6.92 Å².